The van der Waals surface area contributed by atoms with E-state index in [1.165, 1.54) is 25.5 Å². The summed E-state index contributed by atoms with van der Waals surface area (Å²) in [5.41, 5.74) is 5.44. The first-order valence-corrected chi connectivity index (χ1v) is 25.1. The van der Waals surface area contributed by atoms with Crippen LogP contribution in [-0.2, 0) is 33.5 Å². The number of carboxylic acids is 1. The van der Waals surface area contributed by atoms with Gasteiger partial charge in [-0.05, 0) is 142 Å². The molecule has 0 aliphatic carbocycles. The lowest BCUT2D eigenvalue weighted by molar-refractivity contribution is -0.192. The molecule has 0 radical (unpaired) electrons. The molecule has 0 bridgehead atoms. The van der Waals surface area contributed by atoms with Crippen molar-refractivity contribution in [1.29, 1.82) is 5.26 Å². The number of rotatable bonds is 12. The van der Waals surface area contributed by atoms with Crippen LogP contribution in [0, 0.1) is 17.2 Å². The van der Waals surface area contributed by atoms with E-state index in [9.17, 15) is 32.8 Å². The number of hydrogen-bond acceptors (Lipinski definition) is 12. The zero-order valence-electron chi connectivity index (χ0n) is 41.5. The molecule has 4 aliphatic heterocycles. The number of carbonyl (C=O) groups is 3. The molecule has 5 aromatic rings. The largest absolute Gasteiger partial charge is 0.494 e. The first-order chi connectivity index (χ1) is 34.8. The number of aliphatic carboxylic acids is 1. The fourth-order valence-electron chi connectivity index (χ4n) is 10.8. The highest BCUT2D eigenvalue weighted by molar-refractivity contribution is 6.32. The maximum Gasteiger partial charge on any atom is 0.490 e. The number of aryl methyl sites for hydroxylation is 1. The van der Waals surface area contributed by atoms with Gasteiger partial charge in [-0.1, -0.05) is 43.6 Å². The minimum absolute atomic E-state index is 0.223. The Morgan fingerprint density at radius 3 is 2.21 bits per heavy atom. The smallest absolute Gasteiger partial charge is 0.490 e. The Balaban J connectivity index is 0.000000948. The Kier molecular flexibility index (Phi) is 16.2. The quantitative estimate of drug-likeness (QED) is 0.116. The number of aromatic nitrogens is 4. The Morgan fingerprint density at radius 2 is 1.58 bits per heavy atom. The van der Waals surface area contributed by atoms with Gasteiger partial charge < -0.3 is 29.3 Å². The number of piperidine rings is 4. The van der Waals surface area contributed by atoms with Crippen LogP contribution >= 0.6 is 11.6 Å². The molecule has 388 valence electrons. The van der Waals surface area contributed by atoms with Crippen molar-refractivity contribution >= 4 is 46.4 Å². The molecule has 73 heavy (non-hydrogen) atoms. The number of imidazole rings is 1. The van der Waals surface area contributed by atoms with Crippen LogP contribution in [0.3, 0.4) is 0 Å². The average Bonchev–Trinajstić information content (AvgIpc) is 3.63. The molecule has 1 unspecified atom stereocenters. The van der Waals surface area contributed by atoms with E-state index in [-0.39, 0.29) is 18.0 Å². The number of nitrogens with zero attached hydrogens (tertiary/aromatic N) is 8. The first-order valence-electron chi connectivity index (χ1n) is 24.7. The zero-order chi connectivity index (χ0) is 52.2. The summed E-state index contributed by atoms with van der Waals surface area (Å²) in [7, 11) is 3.28. The third-order valence-electron chi connectivity index (χ3n) is 15.1. The standard InChI is InChI=1S/C51H60ClN9O5.C2HF3O2/c1-51(2,38-27-36(30-53)47(65-4)42(52)29-38)37-6-8-41(9-7-37)66-32-39-13-20-54-49(55-39)60-23-14-33(15-24-60)31-58-21-18-40(19-22-58)59-25-16-34(17-26-59)35-5-10-43-45(28-35)57(3)50(64)61(43)44-11-12-46(62)56-48(44)63;3-2(4,5)1(6)7/h5-10,13,20,27-29,33-34,40,44H,11-12,14-19,21-26,31-32H2,1-4H3,(H,56,62,63);(H,6,7). The summed E-state index contributed by atoms with van der Waals surface area (Å²) in [6, 6.07) is 22.1. The maximum absolute atomic E-state index is 13.3. The molecular formula is C53H61ClF3N9O7. The summed E-state index contributed by atoms with van der Waals surface area (Å²) in [4.78, 5) is 63.8. The van der Waals surface area contributed by atoms with Crippen molar-refractivity contribution in [3.05, 3.63) is 110 Å². The maximum atomic E-state index is 13.3. The van der Waals surface area contributed by atoms with E-state index >= 15 is 0 Å². The van der Waals surface area contributed by atoms with Gasteiger partial charge in [0.2, 0.25) is 17.8 Å². The fraction of sp³-hybridized carbons (Fsp3) is 0.491. The monoisotopic (exact) mass is 1030 g/mol. The van der Waals surface area contributed by atoms with Gasteiger partial charge in [-0.3, -0.25) is 24.0 Å². The van der Waals surface area contributed by atoms with Crippen molar-refractivity contribution in [1.82, 2.24) is 34.2 Å². The number of nitriles is 1. The minimum atomic E-state index is -5.08. The van der Waals surface area contributed by atoms with E-state index < -0.39 is 29.5 Å². The number of halogens is 4. The Labute approximate surface area is 426 Å². The van der Waals surface area contributed by atoms with Crippen molar-refractivity contribution in [3.63, 3.8) is 0 Å². The fourth-order valence-corrected chi connectivity index (χ4v) is 11.1. The average molecular weight is 1030 g/mol. The van der Waals surface area contributed by atoms with Gasteiger partial charge in [0.05, 0.1) is 34.4 Å². The highest BCUT2D eigenvalue weighted by Gasteiger charge is 2.38. The molecule has 16 nitrogen and oxygen atoms in total. The van der Waals surface area contributed by atoms with E-state index in [1.807, 2.05) is 54.7 Å². The normalized spacial score (nSPS) is 19.0. The number of amides is 2. The third kappa shape index (κ3) is 12.0. The second-order valence-electron chi connectivity index (χ2n) is 19.9. The number of imide groups is 1. The molecule has 2 N–H and O–H groups in total. The van der Waals surface area contributed by atoms with Gasteiger partial charge >= 0.3 is 17.8 Å². The highest BCUT2D eigenvalue weighted by Crippen LogP contribution is 2.39. The topological polar surface area (TPSA) is 188 Å². The van der Waals surface area contributed by atoms with Crippen molar-refractivity contribution in [2.24, 2.45) is 13.0 Å². The van der Waals surface area contributed by atoms with E-state index in [0.717, 1.165) is 111 Å². The Bertz CT molecular complexity index is 2910. The number of benzene rings is 3. The van der Waals surface area contributed by atoms with E-state index in [4.69, 9.17) is 36.0 Å². The third-order valence-corrected chi connectivity index (χ3v) is 15.4. The molecule has 4 aliphatic rings. The van der Waals surface area contributed by atoms with Gasteiger partial charge in [-0.2, -0.15) is 18.4 Å². The summed E-state index contributed by atoms with van der Waals surface area (Å²) < 4.78 is 46.5. The minimum Gasteiger partial charge on any atom is -0.494 e. The predicted octanol–water partition coefficient (Wildman–Crippen LogP) is 7.74. The van der Waals surface area contributed by atoms with Gasteiger partial charge in [-0.25, -0.2) is 19.6 Å². The number of nitrogens with one attached hydrogen (secondary N) is 1. The van der Waals surface area contributed by atoms with Crippen LogP contribution in [0.25, 0.3) is 11.0 Å². The zero-order valence-corrected chi connectivity index (χ0v) is 42.2. The summed E-state index contributed by atoms with van der Waals surface area (Å²) >= 11 is 6.48. The number of hydrogen-bond donors (Lipinski definition) is 2. The SMILES string of the molecule is COc1c(Cl)cc(C(C)(C)c2ccc(OCc3ccnc(N4CCC(CN5CCC(N6CCC(c7ccc8c(c7)n(C)c(=O)n8C7CCC(=O)NC7=O)CC6)CC5)CC4)n3)cc2)cc1C#N.O=C(O)C(F)(F)F. The highest BCUT2D eigenvalue weighted by atomic mass is 35.5. The van der Waals surface area contributed by atoms with Crippen LogP contribution in [0.5, 0.6) is 11.5 Å². The number of fused-ring (bicyclic) bond motifs is 1. The molecule has 3 aromatic carbocycles. The van der Waals surface area contributed by atoms with Crippen molar-refractivity contribution in [2.45, 2.75) is 101 Å². The lowest BCUT2D eigenvalue weighted by atomic mass is 9.77. The lowest BCUT2D eigenvalue weighted by Gasteiger charge is -2.43. The number of ether oxygens (including phenoxy) is 2. The summed E-state index contributed by atoms with van der Waals surface area (Å²) in [6.07, 6.45) is 4.17. The molecule has 0 spiro atoms. The number of carboxylic acid groups (broad SMARTS) is 1. The molecule has 4 saturated heterocycles. The Hall–Kier alpha value is -6.49. The first kappa shape index (κ1) is 52.8. The van der Waals surface area contributed by atoms with Crippen molar-refractivity contribution in [2.75, 3.05) is 57.8 Å². The number of likely N-dealkylation sites (tertiary alicyclic amines) is 2. The molecule has 4 fully saturated rings. The molecule has 1 atom stereocenters. The summed E-state index contributed by atoms with van der Waals surface area (Å²) in [6.45, 7) is 12.0. The van der Waals surface area contributed by atoms with Crippen LogP contribution in [0.4, 0.5) is 19.1 Å². The van der Waals surface area contributed by atoms with Gasteiger partial charge in [0.1, 0.15) is 24.5 Å². The van der Waals surface area contributed by atoms with E-state index in [0.29, 0.717) is 47.2 Å². The summed E-state index contributed by atoms with van der Waals surface area (Å²) in [5, 5.41) is 19.6. The molecule has 6 heterocycles. The second kappa shape index (κ2) is 22.3. The predicted molar refractivity (Wildman–Crippen MR) is 268 cm³/mol. The van der Waals surface area contributed by atoms with Crippen LogP contribution in [0.2, 0.25) is 5.02 Å². The summed E-state index contributed by atoms with van der Waals surface area (Å²) in [5.74, 6) is -0.439. The molecule has 20 heteroatoms. The van der Waals surface area contributed by atoms with Gasteiger partial charge in [-0.15, -0.1) is 0 Å². The molecule has 9 rings (SSSR count). The number of carbonyl (C=O) groups excluding carboxylic acids is 2. The second-order valence-corrected chi connectivity index (χ2v) is 20.3. The van der Waals surface area contributed by atoms with E-state index in [1.54, 1.807) is 16.2 Å². The van der Waals surface area contributed by atoms with Gasteiger partial charge in [0, 0.05) is 50.8 Å². The van der Waals surface area contributed by atoms with Crippen LogP contribution in [0.1, 0.15) is 105 Å². The number of methoxy groups -OCH3 is 1. The molecule has 2 aromatic heterocycles. The Morgan fingerprint density at radius 1 is 0.890 bits per heavy atom. The van der Waals surface area contributed by atoms with E-state index in [2.05, 4.69) is 57.0 Å². The van der Waals surface area contributed by atoms with Crippen molar-refractivity contribution < 1.29 is 42.1 Å². The van der Waals surface area contributed by atoms with Crippen LogP contribution in [-0.4, -0.2) is 117 Å². The van der Waals surface area contributed by atoms with Gasteiger partial charge in [0.15, 0.2) is 5.75 Å². The molecular weight excluding hydrogens is 967 g/mol. The van der Waals surface area contributed by atoms with Crippen LogP contribution in [0.15, 0.2) is 71.7 Å². The number of anilines is 1. The van der Waals surface area contributed by atoms with Crippen molar-refractivity contribution in [3.8, 4) is 17.6 Å². The van der Waals surface area contributed by atoms with Crippen LogP contribution < -0.4 is 25.4 Å². The number of alkyl halides is 3. The lowest BCUT2D eigenvalue weighted by Crippen LogP contribution is -2.49. The van der Waals surface area contributed by atoms with Gasteiger partial charge in [0.25, 0.3) is 0 Å². The molecule has 0 saturated carbocycles. The molecule has 2 amide bonds.